The Labute approximate surface area is 114 Å². The van der Waals surface area contributed by atoms with Crippen LogP contribution in [0.25, 0.3) is 0 Å². The Balaban J connectivity index is 1.72. The van der Waals surface area contributed by atoms with Crippen molar-refractivity contribution in [2.24, 2.45) is 11.8 Å². The van der Waals surface area contributed by atoms with Crippen molar-refractivity contribution < 1.29 is 4.79 Å². The predicted octanol–water partition coefficient (Wildman–Crippen LogP) is 2.04. The van der Waals surface area contributed by atoms with Gasteiger partial charge in [-0.3, -0.25) is 4.79 Å². The molecule has 102 valence electrons. The van der Waals surface area contributed by atoms with E-state index >= 15 is 0 Å². The monoisotopic (exact) mass is 258 g/mol. The van der Waals surface area contributed by atoms with Gasteiger partial charge in [0.25, 0.3) is 0 Å². The minimum absolute atomic E-state index is 0.133. The first kappa shape index (κ1) is 12.7. The van der Waals surface area contributed by atoms with Crippen LogP contribution >= 0.6 is 0 Å². The van der Waals surface area contributed by atoms with Gasteiger partial charge in [0.15, 0.2) is 0 Å². The molecule has 1 aliphatic carbocycles. The molecule has 2 aliphatic rings. The number of amides is 1. The number of carbonyl (C=O) groups is 1. The zero-order chi connectivity index (χ0) is 13.2. The molecule has 3 heteroatoms. The van der Waals surface area contributed by atoms with E-state index in [4.69, 9.17) is 0 Å². The quantitative estimate of drug-likeness (QED) is 0.852. The van der Waals surface area contributed by atoms with E-state index in [1.807, 2.05) is 0 Å². The highest BCUT2D eigenvalue weighted by Gasteiger charge is 2.31. The van der Waals surface area contributed by atoms with Gasteiger partial charge < -0.3 is 10.6 Å². The lowest BCUT2D eigenvalue weighted by molar-refractivity contribution is -0.126. The fourth-order valence-corrected chi connectivity index (χ4v) is 3.34. The fourth-order valence-electron chi connectivity index (χ4n) is 3.34. The summed E-state index contributed by atoms with van der Waals surface area (Å²) in [5.74, 6) is 0.798. The molecule has 1 aromatic rings. The second-order valence-corrected chi connectivity index (χ2v) is 5.89. The molecule has 1 unspecified atom stereocenters. The number of rotatable bonds is 2. The van der Waals surface area contributed by atoms with E-state index in [0.717, 1.165) is 25.9 Å². The van der Waals surface area contributed by atoms with Crippen LogP contribution in [0.4, 0.5) is 0 Å². The van der Waals surface area contributed by atoms with Gasteiger partial charge >= 0.3 is 0 Å². The van der Waals surface area contributed by atoms with Crippen LogP contribution in [0, 0.1) is 11.8 Å². The molecule has 1 aromatic carbocycles. The van der Waals surface area contributed by atoms with E-state index in [0.29, 0.717) is 5.92 Å². The number of benzene rings is 1. The number of aryl methyl sites for hydroxylation is 1. The van der Waals surface area contributed by atoms with Gasteiger partial charge in [0.1, 0.15) is 0 Å². The normalized spacial score (nSPS) is 29.8. The third-order valence-electron chi connectivity index (χ3n) is 4.54. The fraction of sp³-hybridized carbons (Fsp3) is 0.562. The van der Waals surface area contributed by atoms with Gasteiger partial charge in [-0.1, -0.05) is 31.2 Å². The lowest BCUT2D eigenvalue weighted by Crippen LogP contribution is -2.38. The SMILES string of the molecule is C[C@@H]1CNC[C@H]1C(=O)NC1CCCc2ccccc21. The van der Waals surface area contributed by atoms with Gasteiger partial charge in [0.2, 0.25) is 5.91 Å². The zero-order valence-corrected chi connectivity index (χ0v) is 11.5. The van der Waals surface area contributed by atoms with Crippen LogP contribution in [0.2, 0.25) is 0 Å². The Kier molecular flexibility index (Phi) is 3.56. The van der Waals surface area contributed by atoms with Crippen LogP contribution in [0.15, 0.2) is 24.3 Å². The topological polar surface area (TPSA) is 41.1 Å². The van der Waals surface area contributed by atoms with Gasteiger partial charge in [-0.25, -0.2) is 0 Å². The summed E-state index contributed by atoms with van der Waals surface area (Å²) in [6, 6.07) is 8.73. The van der Waals surface area contributed by atoms with Crippen LogP contribution in [-0.2, 0) is 11.2 Å². The molecule has 19 heavy (non-hydrogen) atoms. The summed E-state index contributed by atoms with van der Waals surface area (Å²) in [6.45, 7) is 3.93. The third-order valence-corrected chi connectivity index (χ3v) is 4.54. The molecule has 1 fully saturated rings. The summed E-state index contributed by atoms with van der Waals surface area (Å²) in [4.78, 5) is 12.4. The highest BCUT2D eigenvalue weighted by molar-refractivity contribution is 5.80. The van der Waals surface area contributed by atoms with Gasteiger partial charge in [-0.2, -0.15) is 0 Å². The zero-order valence-electron chi connectivity index (χ0n) is 11.5. The molecule has 3 atom stereocenters. The molecular weight excluding hydrogens is 236 g/mol. The lowest BCUT2D eigenvalue weighted by Gasteiger charge is -2.28. The Morgan fingerprint density at radius 3 is 2.95 bits per heavy atom. The van der Waals surface area contributed by atoms with Crippen molar-refractivity contribution in [3.05, 3.63) is 35.4 Å². The van der Waals surface area contributed by atoms with E-state index in [2.05, 4.69) is 41.8 Å². The summed E-state index contributed by atoms with van der Waals surface area (Å²) in [6.07, 6.45) is 3.38. The van der Waals surface area contributed by atoms with Gasteiger partial charge in [-0.05, 0) is 42.9 Å². The van der Waals surface area contributed by atoms with E-state index in [9.17, 15) is 4.79 Å². The van der Waals surface area contributed by atoms with E-state index in [1.165, 1.54) is 17.5 Å². The third kappa shape index (κ3) is 2.52. The largest absolute Gasteiger partial charge is 0.349 e. The van der Waals surface area contributed by atoms with Crippen molar-refractivity contribution in [1.82, 2.24) is 10.6 Å². The molecule has 0 aromatic heterocycles. The molecule has 0 saturated carbocycles. The van der Waals surface area contributed by atoms with Crippen LogP contribution in [0.3, 0.4) is 0 Å². The minimum Gasteiger partial charge on any atom is -0.349 e. The molecule has 3 nitrogen and oxygen atoms in total. The average Bonchev–Trinajstić information content (AvgIpc) is 2.85. The van der Waals surface area contributed by atoms with Crippen LogP contribution < -0.4 is 10.6 Å². The first-order chi connectivity index (χ1) is 9.25. The summed E-state index contributed by atoms with van der Waals surface area (Å²) in [5, 5.41) is 6.57. The first-order valence-corrected chi connectivity index (χ1v) is 7.34. The molecule has 1 saturated heterocycles. The Morgan fingerprint density at radius 1 is 1.32 bits per heavy atom. The van der Waals surface area contributed by atoms with Gasteiger partial charge in [0, 0.05) is 6.54 Å². The van der Waals surface area contributed by atoms with Crippen molar-refractivity contribution in [1.29, 1.82) is 0 Å². The van der Waals surface area contributed by atoms with E-state index in [-0.39, 0.29) is 17.9 Å². The maximum atomic E-state index is 12.4. The van der Waals surface area contributed by atoms with E-state index in [1.54, 1.807) is 0 Å². The molecule has 0 bridgehead atoms. The molecule has 1 amide bonds. The highest BCUT2D eigenvalue weighted by atomic mass is 16.2. The van der Waals surface area contributed by atoms with E-state index < -0.39 is 0 Å². The maximum absolute atomic E-state index is 12.4. The molecule has 1 heterocycles. The van der Waals surface area contributed by atoms with Gasteiger partial charge in [-0.15, -0.1) is 0 Å². The Morgan fingerprint density at radius 2 is 2.16 bits per heavy atom. The van der Waals surface area contributed by atoms with Crippen molar-refractivity contribution in [3.8, 4) is 0 Å². The van der Waals surface area contributed by atoms with Crippen LogP contribution in [0.1, 0.15) is 36.9 Å². The highest BCUT2D eigenvalue weighted by Crippen LogP contribution is 2.30. The van der Waals surface area contributed by atoms with Crippen molar-refractivity contribution in [2.75, 3.05) is 13.1 Å². The summed E-state index contributed by atoms with van der Waals surface area (Å²) < 4.78 is 0. The Hall–Kier alpha value is -1.35. The summed E-state index contributed by atoms with van der Waals surface area (Å²) >= 11 is 0. The standard InChI is InChI=1S/C16H22N2O/c1-11-9-17-10-14(11)16(19)18-15-8-4-6-12-5-2-3-7-13(12)15/h2-3,5,7,11,14-15,17H,4,6,8-10H2,1H3,(H,18,19)/t11-,14-,15?/m1/s1. The minimum atomic E-state index is 0.133. The Bertz CT molecular complexity index is 472. The molecule has 3 rings (SSSR count). The average molecular weight is 258 g/mol. The number of fused-ring (bicyclic) bond motifs is 1. The molecule has 0 spiro atoms. The number of hydrogen-bond acceptors (Lipinski definition) is 2. The number of hydrogen-bond donors (Lipinski definition) is 2. The number of carbonyl (C=O) groups excluding carboxylic acids is 1. The maximum Gasteiger partial charge on any atom is 0.225 e. The smallest absolute Gasteiger partial charge is 0.225 e. The second-order valence-electron chi connectivity index (χ2n) is 5.89. The van der Waals surface area contributed by atoms with Crippen molar-refractivity contribution in [3.63, 3.8) is 0 Å². The molecular formula is C16H22N2O. The predicted molar refractivity (Wildman–Crippen MR) is 75.8 cm³/mol. The second kappa shape index (κ2) is 5.33. The summed E-state index contributed by atoms with van der Waals surface area (Å²) in [5.41, 5.74) is 2.72. The molecule has 0 radical (unpaired) electrons. The molecule has 1 aliphatic heterocycles. The van der Waals surface area contributed by atoms with Crippen LogP contribution in [0.5, 0.6) is 0 Å². The van der Waals surface area contributed by atoms with Crippen molar-refractivity contribution in [2.45, 2.75) is 32.2 Å². The first-order valence-electron chi connectivity index (χ1n) is 7.34. The summed E-state index contributed by atoms with van der Waals surface area (Å²) in [7, 11) is 0. The number of nitrogens with one attached hydrogen (secondary N) is 2. The van der Waals surface area contributed by atoms with Crippen molar-refractivity contribution >= 4 is 5.91 Å². The van der Waals surface area contributed by atoms with Gasteiger partial charge in [0.05, 0.1) is 12.0 Å². The lowest BCUT2D eigenvalue weighted by atomic mass is 9.87. The molecule has 2 N–H and O–H groups in total. The van der Waals surface area contributed by atoms with Crippen LogP contribution in [-0.4, -0.2) is 19.0 Å².